The van der Waals surface area contributed by atoms with Crippen molar-refractivity contribution in [1.29, 1.82) is 0 Å². The molecule has 4 aromatic rings. The molecule has 1 aliphatic rings. The SMILES string of the molecule is CN=C1c2ccccc2CCc2c1nc1c(cnn1CCc1ccccc1)c2NC. The van der Waals surface area contributed by atoms with Crippen molar-refractivity contribution in [3.05, 3.63) is 88.7 Å². The lowest BCUT2D eigenvalue weighted by Gasteiger charge is -2.15. The maximum absolute atomic E-state index is 5.14. The van der Waals surface area contributed by atoms with Crippen molar-refractivity contribution in [2.75, 3.05) is 19.4 Å². The topological polar surface area (TPSA) is 55.1 Å². The second kappa shape index (κ2) is 7.75. The zero-order chi connectivity index (χ0) is 20.5. The van der Waals surface area contributed by atoms with Gasteiger partial charge in [-0.3, -0.25) is 4.99 Å². The van der Waals surface area contributed by atoms with Crippen molar-refractivity contribution in [3.8, 4) is 0 Å². The second-order valence-electron chi connectivity index (χ2n) is 7.63. The summed E-state index contributed by atoms with van der Waals surface area (Å²) in [5.74, 6) is 0. The summed E-state index contributed by atoms with van der Waals surface area (Å²) in [5.41, 5.74) is 9.01. The summed E-state index contributed by atoms with van der Waals surface area (Å²) in [5, 5.41) is 9.19. The molecule has 5 nitrogen and oxygen atoms in total. The highest BCUT2D eigenvalue weighted by Crippen LogP contribution is 2.33. The van der Waals surface area contributed by atoms with E-state index < -0.39 is 0 Å². The van der Waals surface area contributed by atoms with Gasteiger partial charge < -0.3 is 5.32 Å². The summed E-state index contributed by atoms with van der Waals surface area (Å²) in [7, 11) is 3.84. The highest BCUT2D eigenvalue weighted by Gasteiger charge is 2.25. The molecule has 5 rings (SSSR count). The van der Waals surface area contributed by atoms with Crippen molar-refractivity contribution in [2.24, 2.45) is 4.99 Å². The predicted octanol–water partition coefficient (Wildman–Crippen LogP) is 4.28. The maximum Gasteiger partial charge on any atom is 0.160 e. The second-order valence-corrected chi connectivity index (χ2v) is 7.63. The van der Waals surface area contributed by atoms with Crippen LogP contribution in [-0.2, 0) is 25.8 Å². The molecule has 2 aromatic heterocycles. The summed E-state index contributed by atoms with van der Waals surface area (Å²) < 4.78 is 2.02. The summed E-state index contributed by atoms with van der Waals surface area (Å²) in [6.45, 7) is 0.789. The molecule has 1 N–H and O–H groups in total. The fourth-order valence-electron chi connectivity index (χ4n) is 4.48. The molecule has 5 heteroatoms. The van der Waals surface area contributed by atoms with Crippen molar-refractivity contribution >= 4 is 22.4 Å². The van der Waals surface area contributed by atoms with Crippen molar-refractivity contribution < 1.29 is 0 Å². The first kappa shape index (κ1) is 18.6. The lowest BCUT2D eigenvalue weighted by atomic mass is 10.0. The molecule has 0 unspecified atom stereocenters. The number of anilines is 1. The van der Waals surface area contributed by atoms with Crippen LogP contribution in [0, 0.1) is 0 Å². The van der Waals surface area contributed by atoms with Crippen molar-refractivity contribution in [1.82, 2.24) is 14.8 Å². The fourth-order valence-corrected chi connectivity index (χ4v) is 4.48. The molecule has 0 saturated heterocycles. The summed E-state index contributed by atoms with van der Waals surface area (Å²) >= 11 is 0. The molecule has 30 heavy (non-hydrogen) atoms. The van der Waals surface area contributed by atoms with E-state index in [2.05, 4.69) is 63.9 Å². The minimum atomic E-state index is 0.789. The number of nitrogens with one attached hydrogen (secondary N) is 1. The molecule has 2 heterocycles. The summed E-state index contributed by atoms with van der Waals surface area (Å²) in [4.78, 5) is 9.81. The molecular formula is C25H25N5. The number of hydrogen-bond donors (Lipinski definition) is 1. The molecule has 0 saturated carbocycles. The highest BCUT2D eigenvalue weighted by atomic mass is 15.3. The number of nitrogens with zero attached hydrogens (tertiary/aromatic N) is 4. The fraction of sp³-hybridized carbons (Fsp3) is 0.240. The molecule has 2 aromatic carbocycles. The largest absolute Gasteiger partial charge is 0.387 e. The van der Waals surface area contributed by atoms with Gasteiger partial charge in [-0.15, -0.1) is 0 Å². The molecular weight excluding hydrogens is 370 g/mol. The Morgan fingerprint density at radius 3 is 2.63 bits per heavy atom. The minimum Gasteiger partial charge on any atom is -0.387 e. The van der Waals surface area contributed by atoms with Crippen LogP contribution in [-0.4, -0.2) is 34.6 Å². The number of rotatable bonds is 4. The van der Waals surface area contributed by atoms with Gasteiger partial charge in [-0.25, -0.2) is 9.67 Å². The van der Waals surface area contributed by atoms with Gasteiger partial charge in [0.05, 0.1) is 28.7 Å². The number of pyridine rings is 1. The van der Waals surface area contributed by atoms with Gasteiger partial charge in [0.25, 0.3) is 0 Å². The van der Waals surface area contributed by atoms with Crippen LogP contribution in [0.5, 0.6) is 0 Å². The van der Waals surface area contributed by atoms with Gasteiger partial charge in [0, 0.05) is 31.8 Å². The van der Waals surface area contributed by atoms with E-state index >= 15 is 0 Å². The number of aryl methyl sites for hydroxylation is 3. The Kier molecular flexibility index (Phi) is 4.79. The van der Waals surface area contributed by atoms with Crippen LogP contribution in [0.15, 0.2) is 65.8 Å². The minimum absolute atomic E-state index is 0.789. The molecule has 0 radical (unpaired) electrons. The molecule has 0 fully saturated rings. The standard InChI is InChI=1S/C25H25N5/c1-26-22-20-13-12-18-10-6-7-11-19(18)23(27-2)24(20)29-25-21(22)16-28-30(25)15-14-17-8-4-3-5-9-17/h3-11,16H,12-15H2,1-2H3,(H,26,29). The van der Waals surface area contributed by atoms with Crippen LogP contribution in [0.25, 0.3) is 11.0 Å². The highest BCUT2D eigenvalue weighted by molar-refractivity contribution is 6.16. The lowest BCUT2D eigenvalue weighted by Crippen LogP contribution is -2.12. The molecule has 0 spiro atoms. The average Bonchev–Trinajstić information content (AvgIpc) is 3.12. The van der Waals surface area contributed by atoms with Gasteiger partial charge in [0.1, 0.15) is 0 Å². The Morgan fingerprint density at radius 1 is 1.03 bits per heavy atom. The Morgan fingerprint density at radius 2 is 1.83 bits per heavy atom. The van der Waals surface area contributed by atoms with Gasteiger partial charge in [-0.05, 0) is 30.4 Å². The monoisotopic (exact) mass is 395 g/mol. The Labute approximate surface area is 176 Å². The normalized spacial score (nSPS) is 14.4. The Hall–Kier alpha value is -3.47. The van der Waals surface area contributed by atoms with E-state index in [1.807, 2.05) is 31.0 Å². The Bertz CT molecular complexity index is 1240. The number of hydrogen-bond acceptors (Lipinski definition) is 4. The van der Waals surface area contributed by atoms with E-state index in [1.54, 1.807) is 0 Å². The molecule has 0 aliphatic heterocycles. The lowest BCUT2D eigenvalue weighted by molar-refractivity contribution is 0.629. The van der Waals surface area contributed by atoms with Crippen LogP contribution >= 0.6 is 0 Å². The van der Waals surface area contributed by atoms with E-state index in [4.69, 9.17) is 4.98 Å². The van der Waals surface area contributed by atoms with Gasteiger partial charge in [-0.1, -0.05) is 54.6 Å². The van der Waals surface area contributed by atoms with Gasteiger partial charge in [0.15, 0.2) is 5.65 Å². The predicted molar refractivity (Wildman–Crippen MR) is 123 cm³/mol. The molecule has 0 atom stereocenters. The first-order valence-electron chi connectivity index (χ1n) is 10.5. The maximum atomic E-state index is 5.14. The third kappa shape index (κ3) is 3.07. The van der Waals surface area contributed by atoms with E-state index in [9.17, 15) is 0 Å². The summed E-state index contributed by atoms with van der Waals surface area (Å²) in [6.07, 6.45) is 4.77. The van der Waals surface area contributed by atoms with Crippen molar-refractivity contribution in [3.63, 3.8) is 0 Å². The first-order chi connectivity index (χ1) is 14.8. The molecule has 1 aliphatic carbocycles. The number of benzene rings is 2. The molecule has 150 valence electrons. The van der Waals surface area contributed by atoms with Crippen LogP contribution in [0.2, 0.25) is 0 Å². The first-order valence-corrected chi connectivity index (χ1v) is 10.5. The smallest absolute Gasteiger partial charge is 0.160 e. The van der Waals surface area contributed by atoms with Gasteiger partial charge in [-0.2, -0.15) is 5.10 Å². The van der Waals surface area contributed by atoms with E-state index in [-0.39, 0.29) is 0 Å². The number of aliphatic imine (C=N–C) groups is 1. The van der Waals surface area contributed by atoms with Gasteiger partial charge in [0.2, 0.25) is 0 Å². The zero-order valence-corrected chi connectivity index (χ0v) is 17.4. The number of aromatic nitrogens is 3. The van der Waals surface area contributed by atoms with Crippen LogP contribution in [0.3, 0.4) is 0 Å². The van der Waals surface area contributed by atoms with E-state index in [0.717, 1.165) is 53.9 Å². The Balaban J connectivity index is 1.64. The van der Waals surface area contributed by atoms with Crippen LogP contribution in [0.4, 0.5) is 5.69 Å². The molecule has 0 amide bonds. The van der Waals surface area contributed by atoms with Gasteiger partial charge >= 0.3 is 0 Å². The number of fused-ring (bicyclic) bond motifs is 3. The zero-order valence-electron chi connectivity index (χ0n) is 17.4. The van der Waals surface area contributed by atoms with Crippen LogP contribution < -0.4 is 5.32 Å². The summed E-state index contributed by atoms with van der Waals surface area (Å²) in [6, 6.07) is 19.1. The third-order valence-corrected chi connectivity index (χ3v) is 5.96. The molecule has 0 bridgehead atoms. The van der Waals surface area contributed by atoms with E-state index in [0.29, 0.717) is 0 Å². The quantitative estimate of drug-likeness (QED) is 0.561. The third-order valence-electron chi connectivity index (χ3n) is 5.96. The van der Waals surface area contributed by atoms with E-state index in [1.165, 1.54) is 22.3 Å². The average molecular weight is 396 g/mol. The van der Waals surface area contributed by atoms with Crippen LogP contribution in [0.1, 0.15) is 27.9 Å². The van der Waals surface area contributed by atoms with Crippen molar-refractivity contribution in [2.45, 2.75) is 25.8 Å².